The van der Waals surface area contributed by atoms with Crippen molar-refractivity contribution in [1.82, 2.24) is 5.32 Å². The van der Waals surface area contributed by atoms with Crippen molar-refractivity contribution in [3.8, 4) is 11.3 Å². The maximum absolute atomic E-state index is 11.1. The lowest BCUT2D eigenvalue weighted by Crippen LogP contribution is -2.26. The Labute approximate surface area is 127 Å². The molecule has 1 N–H and O–H groups in total. The molecule has 3 rings (SSSR count). The van der Waals surface area contributed by atoms with Crippen LogP contribution in [0, 0.1) is 10.1 Å². The van der Waals surface area contributed by atoms with Gasteiger partial charge in [-0.15, -0.1) is 0 Å². The minimum Gasteiger partial charge on any atom is -0.459 e. The molecule has 0 bridgehead atoms. The molecule has 1 aliphatic heterocycles. The number of nitro groups is 1. The topological polar surface area (TPSA) is 68.3 Å². The van der Waals surface area contributed by atoms with Crippen LogP contribution >= 0.6 is 11.6 Å². The van der Waals surface area contributed by atoms with E-state index in [1.807, 2.05) is 6.07 Å². The zero-order valence-corrected chi connectivity index (χ0v) is 12.1. The van der Waals surface area contributed by atoms with E-state index in [1.54, 1.807) is 18.2 Å². The highest BCUT2D eigenvalue weighted by Gasteiger charge is 2.22. The molecule has 1 aromatic carbocycles. The van der Waals surface area contributed by atoms with Gasteiger partial charge in [0.15, 0.2) is 0 Å². The number of furan rings is 1. The SMILES string of the molecule is O=[N+]([O-])c1cc(Cl)ccc1-c1ccc([C@@H]2CCCCN2)o1. The molecule has 0 amide bonds. The molecule has 0 aliphatic carbocycles. The third-order valence-corrected chi connectivity index (χ3v) is 3.94. The second-order valence-electron chi connectivity index (χ2n) is 5.12. The highest BCUT2D eigenvalue weighted by Crippen LogP contribution is 2.35. The van der Waals surface area contributed by atoms with Crippen molar-refractivity contribution in [2.75, 3.05) is 6.54 Å². The van der Waals surface area contributed by atoms with Crippen molar-refractivity contribution in [1.29, 1.82) is 0 Å². The molecule has 0 radical (unpaired) electrons. The van der Waals surface area contributed by atoms with Crippen LogP contribution in [0.3, 0.4) is 0 Å². The highest BCUT2D eigenvalue weighted by atomic mass is 35.5. The zero-order chi connectivity index (χ0) is 14.8. The summed E-state index contributed by atoms with van der Waals surface area (Å²) in [5.74, 6) is 1.33. The van der Waals surface area contributed by atoms with E-state index in [-0.39, 0.29) is 11.7 Å². The van der Waals surface area contributed by atoms with Gasteiger partial charge in [0.05, 0.1) is 16.5 Å². The van der Waals surface area contributed by atoms with Gasteiger partial charge in [0.2, 0.25) is 0 Å². The summed E-state index contributed by atoms with van der Waals surface area (Å²) >= 11 is 5.83. The van der Waals surface area contributed by atoms with E-state index < -0.39 is 4.92 Å². The van der Waals surface area contributed by atoms with Gasteiger partial charge in [-0.05, 0) is 43.7 Å². The van der Waals surface area contributed by atoms with Crippen LogP contribution in [-0.4, -0.2) is 11.5 Å². The van der Waals surface area contributed by atoms with E-state index in [0.717, 1.165) is 25.1 Å². The molecule has 2 heterocycles. The van der Waals surface area contributed by atoms with Gasteiger partial charge in [0.25, 0.3) is 5.69 Å². The van der Waals surface area contributed by atoms with Gasteiger partial charge in [-0.3, -0.25) is 10.1 Å². The number of nitro benzene ring substituents is 1. The first-order valence-electron chi connectivity index (χ1n) is 6.92. The first-order valence-corrected chi connectivity index (χ1v) is 7.30. The van der Waals surface area contributed by atoms with Gasteiger partial charge in [0, 0.05) is 11.1 Å². The number of piperidine rings is 1. The molecule has 5 nitrogen and oxygen atoms in total. The van der Waals surface area contributed by atoms with Crippen LogP contribution in [0.5, 0.6) is 0 Å². The summed E-state index contributed by atoms with van der Waals surface area (Å²) in [5, 5.41) is 14.9. The van der Waals surface area contributed by atoms with Gasteiger partial charge < -0.3 is 9.73 Å². The largest absolute Gasteiger partial charge is 0.459 e. The van der Waals surface area contributed by atoms with Gasteiger partial charge in [0.1, 0.15) is 11.5 Å². The van der Waals surface area contributed by atoms with Gasteiger partial charge in [-0.25, -0.2) is 0 Å². The van der Waals surface area contributed by atoms with Crippen LogP contribution in [-0.2, 0) is 0 Å². The van der Waals surface area contributed by atoms with E-state index in [0.29, 0.717) is 16.3 Å². The summed E-state index contributed by atoms with van der Waals surface area (Å²) in [6, 6.07) is 8.46. The Morgan fingerprint density at radius 3 is 2.86 bits per heavy atom. The lowest BCUT2D eigenvalue weighted by Gasteiger charge is -2.21. The van der Waals surface area contributed by atoms with Crippen LogP contribution in [0.4, 0.5) is 5.69 Å². The number of benzene rings is 1. The van der Waals surface area contributed by atoms with Crippen LogP contribution in [0.2, 0.25) is 5.02 Å². The van der Waals surface area contributed by atoms with Crippen molar-refractivity contribution in [2.45, 2.75) is 25.3 Å². The Bertz CT molecular complexity index is 663. The van der Waals surface area contributed by atoms with Crippen molar-refractivity contribution in [3.63, 3.8) is 0 Å². The molecule has 1 aliphatic rings. The number of rotatable bonds is 3. The summed E-state index contributed by atoms with van der Waals surface area (Å²) in [4.78, 5) is 10.7. The van der Waals surface area contributed by atoms with E-state index in [2.05, 4.69) is 5.32 Å². The van der Waals surface area contributed by atoms with Crippen molar-refractivity contribution >= 4 is 17.3 Å². The molecule has 110 valence electrons. The normalized spacial score (nSPS) is 18.6. The number of nitrogens with one attached hydrogen (secondary N) is 1. The summed E-state index contributed by atoms with van der Waals surface area (Å²) in [7, 11) is 0. The second kappa shape index (κ2) is 5.87. The summed E-state index contributed by atoms with van der Waals surface area (Å²) < 4.78 is 5.83. The third kappa shape index (κ3) is 2.94. The molecular weight excluding hydrogens is 292 g/mol. The quantitative estimate of drug-likeness (QED) is 0.677. The average molecular weight is 307 g/mol. The van der Waals surface area contributed by atoms with E-state index >= 15 is 0 Å². The first kappa shape index (κ1) is 14.1. The molecule has 21 heavy (non-hydrogen) atoms. The molecule has 6 heteroatoms. The van der Waals surface area contributed by atoms with Crippen LogP contribution in [0.15, 0.2) is 34.7 Å². The molecule has 0 unspecified atom stereocenters. The first-order chi connectivity index (χ1) is 10.1. The molecule has 1 atom stereocenters. The minimum absolute atomic E-state index is 0.0417. The lowest BCUT2D eigenvalue weighted by molar-refractivity contribution is -0.384. The van der Waals surface area contributed by atoms with Crippen LogP contribution < -0.4 is 5.32 Å². The summed E-state index contributed by atoms with van der Waals surface area (Å²) in [6.07, 6.45) is 3.36. The monoisotopic (exact) mass is 306 g/mol. The fourth-order valence-electron chi connectivity index (χ4n) is 2.64. The Kier molecular flexibility index (Phi) is 3.94. The predicted octanol–water partition coefficient (Wildman–Crippen LogP) is 4.32. The standard InChI is InChI=1S/C15H15ClN2O3/c16-10-4-5-11(13(9-10)18(19)20)14-6-7-15(21-14)12-3-1-2-8-17-12/h4-7,9,12,17H,1-3,8H2/t12-/m0/s1. The third-order valence-electron chi connectivity index (χ3n) is 3.70. The molecule has 0 saturated carbocycles. The fraction of sp³-hybridized carbons (Fsp3) is 0.333. The molecular formula is C15H15ClN2O3. The van der Waals surface area contributed by atoms with Crippen LogP contribution in [0.1, 0.15) is 31.1 Å². The van der Waals surface area contributed by atoms with Gasteiger partial charge in [-0.1, -0.05) is 18.0 Å². The molecule has 1 fully saturated rings. The van der Waals surface area contributed by atoms with Crippen molar-refractivity contribution in [3.05, 3.63) is 51.2 Å². The Hall–Kier alpha value is -1.85. The maximum atomic E-state index is 11.1. The number of hydrogen-bond donors (Lipinski definition) is 1. The predicted molar refractivity (Wildman–Crippen MR) is 80.4 cm³/mol. The average Bonchev–Trinajstić information content (AvgIpc) is 2.97. The van der Waals surface area contributed by atoms with E-state index in [1.165, 1.54) is 12.5 Å². The van der Waals surface area contributed by atoms with Gasteiger partial charge >= 0.3 is 0 Å². The molecule has 0 spiro atoms. The number of nitrogens with zero attached hydrogens (tertiary/aromatic N) is 1. The lowest BCUT2D eigenvalue weighted by atomic mass is 10.0. The maximum Gasteiger partial charge on any atom is 0.281 e. The Morgan fingerprint density at radius 2 is 2.14 bits per heavy atom. The highest BCUT2D eigenvalue weighted by molar-refractivity contribution is 6.30. The van der Waals surface area contributed by atoms with Crippen LogP contribution in [0.25, 0.3) is 11.3 Å². The summed E-state index contributed by atoms with van der Waals surface area (Å²) in [6.45, 7) is 0.974. The number of halogens is 1. The van der Waals surface area contributed by atoms with Crippen molar-refractivity contribution in [2.24, 2.45) is 0 Å². The van der Waals surface area contributed by atoms with Gasteiger partial charge in [-0.2, -0.15) is 0 Å². The zero-order valence-electron chi connectivity index (χ0n) is 11.3. The summed E-state index contributed by atoms with van der Waals surface area (Å²) in [5.41, 5.74) is 0.409. The molecule has 1 saturated heterocycles. The minimum atomic E-state index is -0.442. The Balaban J connectivity index is 1.94. The van der Waals surface area contributed by atoms with E-state index in [4.69, 9.17) is 16.0 Å². The molecule has 1 aromatic heterocycles. The smallest absolute Gasteiger partial charge is 0.281 e. The number of hydrogen-bond acceptors (Lipinski definition) is 4. The second-order valence-corrected chi connectivity index (χ2v) is 5.56. The van der Waals surface area contributed by atoms with Crippen molar-refractivity contribution < 1.29 is 9.34 Å². The Morgan fingerprint density at radius 1 is 1.29 bits per heavy atom. The fourth-order valence-corrected chi connectivity index (χ4v) is 2.81. The van der Waals surface area contributed by atoms with E-state index in [9.17, 15) is 10.1 Å². The molecule has 2 aromatic rings.